The van der Waals surface area contributed by atoms with Gasteiger partial charge in [0.05, 0.1) is 11.5 Å². The van der Waals surface area contributed by atoms with E-state index in [-0.39, 0.29) is 17.9 Å². The first-order valence-corrected chi connectivity index (χ1v) is 8.50. The van der Waals surface area contributed by atoms with Crippen molar-refractivity contribution in [1.82, 2.24) is 9.71 Å². The highest BCUT2D eigenvalue weighted by Gasteiger charge is 2.32. The van der Waals surface area contributed by atoms with Gasteiger partial charge in [0.25, 0.3) is 0 Å². The third-order valence-corrected chi connectivity index (χ3v) is 5.94. The fraction of sp³-hybridized carbons (Fsp3) is 0.444. The molecule has 1 aliphatic rings. The quantitative estimate of drug-likeness (QED) is 0.729. The largest absolute Gasteiger partial charge is 0.366 e. The van der Waals surface area contributed by atoms with Gasteiger partial charge in [0.15, 0.2) is 9.84 Å². The van der Waals surface area contributed by atoms with Crippen molar-refractivity contribution < 1.29 is 16.8 Å². The molecular weight excluding hydrogens is 280 g/mol. The molecule has 7 nitrogen and oxygen atoms in total. The Balaban J connectivity index is 2.24. The van der Waals surface area contributed by atoms with Crippen LogP contribution in [0.15, 0.2) is 28.2 Å². The molecular formula is C9H12N2O5S2. The summed E-state index contributed by atoms with van der Waals surface area (Å²) in [7, 11) is -7.16. The zero-order valence-corrected chi connectivity index (χ0v) is 10.9. The second-order valence-electron chi connectivity index (χ2n) is 4.09. The molecule has 0 radical (unpaired) electrons. The Morgan fingerprint density at radius 2 is 2.11 bits per heavy atom. The van der Waals surface area contributed by atoms with Gasteiger partial charge in [-0.3, -0.25) is 4.79 Å². The predicted molar refractivity (Wildman–Crippen MR) is 64.4 cm³/mol. The van der Waals surface area contributed by atoms with E-state index in [2.05, 4.69) is 9.71 Å². The van der Waals surface area contributed by atoms with Gasteiger partial charge in [0, 0.05) is 24.5 Å². The van der Waals surface area contributed by atoms with E-state index in [0.717, 1.165) is 12.3 Å². The van der Waals surface area contributed by atoms with Crippen molar-refractivity contribution in [3.63, 3.8) is 0 Å². The van der Waals surface area contributed by atoms with E-state index in [4.69, 9.17) is 0 Å². The molecule has 0 amide bonds. The first kappa shape index (κ1) is 13.2. The number of nitrogens with one attached hydrogen (secondary N) is 2. The van der Waals surface area contributed by atoms with E-state index < -0.39 is 36.2 Å². The van der Waals surface area contributed by atoms with Crippen LogP contribution >= 0.6 is 0 Å². The lowest BCUT2D eigenvalue weighted by molar-refractivity contribution is 0.561. The molecule has 0 aliphatic carbocycles. The first-order chi connectivity index (χ1) is 8.30. The molecule has 1 fully saturated rings. The summed E-state index contributed by atoms with van der Waals surface area (Å²) in [6, 6.07) is 0.430. The predicted octanol–water partition coefficient (Wildman–Crippen LogP) is -1.16. The highest BCUT2D eigenvalue weighted by Crippen LogP contribution is 2.13. The molecule has 1 unspecified atom stereocenters. The van der Waals surface area contributed by atoms with E-state index in [1.807, 2.05) is 0 Å². The fourth-order valence-electron chi connectivity index (χ4n) is 1.78. The van der Waals surface area contributed by atoms with Gasteiger partial charge in [-0.25, -0.2) is 21.6 Å². The third-order valence-electron chi connectivity index (χ3n) is 2.63. The summed E-state index contributed by atoms with van der Waals surface area (Å²) >= 11 is 0. The summed E-state index contributed by atoms with van der Waals surface area (Å²) < 4.78 is 48.5. The average molecular weight is 292 g/mol. The zero-order valence-electron chi connectivity index (χ0n) is 9.29. The van der Waals surface area contributed by atoms with Crippen LogP contribution in [0.3, 0.4) is 0 Å². The van der Waals surface area contributed by atoms with Gasteiger partial charge in [-0.05, 0) is 6.42 Å². The maximum atomic E-state index is 11.9. The highest BCUT2D eigenvalue weighted by molar-refractivity contribution is 7.92. The molecule has 0 aromatic carbocycles. The number of H-pyrrole nitrogens is 1. The fourth-order valence-corrected chi connectivity index (χ4v) is 4.88. The van der Waals surface area contributed by atoms with Crippen LogP contribution in [0.4, 0.5) is 0 Å². The standard InChI is InChI=1S/C9H12N2O5S2/c12-8-1-3-10-5-9(8)18(15,16)11-7-2-4-17(13,14)6-7/h1,3,5,7,11H,2,4,6H2,(H,10,12). The van der Waals surface area contributed by atoms with E-state index in [1.54, 1.807) is 0 Å². The van der Waals surface area contributed by atoms with Crippen molar-refractivity contribution in [2.75, 3.05) is 11.5 Å². The molecule has 1 aromatic rings. The summed E-state index contributed by atoms with van der Waals surface area (Å²) in [5.74, 6) is -0.262. The smallest absolute Gasteiger partial charge is 0.246 e. The molecule has 1 aliphatic heterocycles. The van der Waals surface area contributed by atoms with Crippen LogP contribution in [0.2, 0.25) is 0 Å². The SMILES string of the molecule is O=c1cc[nH]cc1S(=O)(=O)NC1CCS(=O)(=O)C1. The van der Waals surface area contributed by atoms with Gasteiger partial charge < -0.3 is 4.98 Å². The molecule has 2 heterocycles. The van der Waals surface area contributed by atoms with Gasteiger partial charge in [0.1, 0.15) is 4.90 Å². The van der Waals surface area contributed by atoms with Gasteiger partial charge in [-0.2, -0.15) is 0 Å². The molecule has 2 N–H and O–H groups in total. The minimum absolute atomic E-state index is 0.0364. The topological polar surface area (TPSA) is 113 Å². The summed E-state index contributed by atoms with van der Waals surface area (Å²) in [6.45, 7) is 0. The average Bonchev–Trinajstić information content (AvgIpc) is 2.57. The Bertz CT molecular complexity index is 704. The molecule has 2 rings (SSSR count). The molecule has 18 heavy (non-hydrogen) atoms. The lowest BCUT2D eigenvalue weighted by atomic mass is 10.3. The number of pyridine rings is 1. The van der Waals surface area contributed by atoms with Crippen LogP contribution in [0, 0.1) is 0 Å². The number of aromatic amines is 1. The molecule has 0 saturated carbocycles. The van der Waals surface area contributed by atoms with Gasteiger partial charge in [0.2, 0.25) is 15.5 Å². The maximum absolute atomic E-state index is 11.9. The third kappa shape index (κ3) is 2.79. The van der Waals surface area contributed by atoms with Crippen LogP contribution in [0.1, 0.15) is 6.42 Å². The Kier molecular flexibility index (Phi) is 3.30. The molecule has 1 aromatic heterocycles. The van der Waals surface area contributed by atoms with Gasteiger partial charge >= 0.3 is 0 Å². The van der Waals surface area contributed by atoms with Gasteiger partial charge in [-0.15, -0.1) is 0 Å². The molecule has 1 atom stereocenters. The van der Waals surface area contributed by atoms with Crippen molar-refractivity contribution in [2.45, 2.75) is 17.4 Å². The minimum Gasteiger partial charge on any atom is -0.366 e. The number of hydrogen-bond acceptors (Lipinski definition) is 5. The Morgan fingerprint density at radius 1 is 1.39 bits per heavy atom. The number of aromatic nitrogens is 1. The number of sulfone groups is 1. The van der Waals surface area contributed by atoms with Crippen molar-refractivity contribution >= 4 is 19.9 Å². The minimum atomic E-state index is -3.98. The van der Waals surface area contributed by atoms with Crippen LogP contribution < -0.4 is 10.2 Å². The normalized spacial score (nSPS) is 23.0. The van der Waals surface area contributed by atoms with Crippen molar-refractivity contribution in [2.24, 2.45) is 0 Å². The van der Waals surface area contributed by atoms with E-state index in [0.29, 0.717) is 0 Å². The van der Waals surface area contributed by atoms with Crippen LogP contribution in [-0.4, -0.2) is 39.4 Å². The summed E-state index contributed by atoms with van der Waals surface area (Å²) in [5, 5.41) is 0. The summed E-state index contributed by atoms with van der Waals surface area (Å²) in [5.41, 5.74) is -0.637. The lowest BCUT2D eigenvalue weighted by Crippen LogP contribution is -2.37. The Morgan fingerprint density at radius 3 is 2.67 bits per heavy atom. The summed E-state index contributed by atoms with van der Waals surface area (Å²) in [4.78, 5) is 13.5. The van der Waals surface area contributed by atoms with E-state index in [9.17, 15) is 21.6 Å². The van der Waals surface area contributed by atoms with Gasteiger partial charge in [-0.1, -0.05) is 0 Å². The number of rotatable bonds is 3. The highest BCUT2D eigenvalue weighted by atomic mass is 32.2. The molecule has 0 spiro atoms. The maximum Gasteiger partial charge on any atom is 0.246 e. The molecule has 100 valence electrons. The van der Waals surface area contributed by atoms with Crippen LogP contribution in [0.25, 0.3) is 0 Å². The monoisotopic (exact) mass is 292 g/mol. The van der Waals surface area contributed by atoms with E-state index >= 15 is 0 Å². The molecule has 1 saturated heterocycles. The molecule has 9 heteroatoms. The van der Waals surface area contributed by atoms with Crippen LogP contribution in [0.5, 0.6) is 0 Å². The Labute approximate surface area is 104 Å². The van der Waals surface area contributed by atoms with Crippen molar-refractivity contribution in [3.8, 4) is 0 Å². The second kappa shape index (κ2) is 4.48. The zero-order chi connectivity index (χ0) is 13.4. The second-order valence-corrected chi connectivity index (χ2v) is 8.01. The number of hydrogen-bond donors (Lipinski definition) is 2. The lowest BCUT2D eigenvalue weighted by Gasteiger charge is -2.10. The van der Waals surface area contributed by atoms with E-state index in [1.165, 1.54) is 6.20 Å². The number of sulfonamides is 1. The van der Waals surface area contributed by atoms with Crippen LogP contribution in [-0.2, 0) is 19.9 Å². The van der Waals surface area contributed by atoms with Crippen molar-refractivity contribution in [3.05, 3.63) is 28.7 Å². The molecule has 0 bridgehead atoms. The van der Waals surface area contributed by atoms with Crippen molar-refractivity contribution in [1.29, 1.82) is 0 Å². The first-order valence-electron chi connectivity index (χ1n) is 5.20. The summed E-state index contributed by atoms with van der Waals surface area (Å²) in [6.07, 6.45) is 2.63. The Hall–Kier alpha value is -1.19.